The first-order chi connectivity index (χ1) is 6.61. The minimum atomic E-state index is -2.69. The van der Waals surface area contributed by atoms with Crippen LogP contribution in [0.3, 0.4) is 0 Å². The van der Waals surface area contributed by atoms with Gasteiger partial charge in [0.2, 0.25) is 0 Å². The summed E-state index contributed by atoms with van der Waals surface area (Å²) in [4.78, 5) is 0.173. The van der Waals surface area contributed by atoms with Gasteiger partial charge in [-0.1, -0.05) is 0 Å². The molecule has 0 saturated heterocycles. The van der Waals surface area contributed by atoms with E-state index in [-0.39, 0.29) is 10.5 Å². The summed E-state index contributed by atoms with van der Waals surface area (Å²) in [5.74, 6) is -0.616. The second-order valence-corrected chi connectivity index (χ2v) is 4.12. The van der Waals surface area contributed by atoms with E-state index in [0.29, 0.717) is 10.1 Å². The topological polar surface area (TPSA) is 0 Å². The van der Waals surface area contributed by atoms with Crippen LogP contribution < -0.4 is 0 Å². The molecule has 0 aliphatic rings. The van der Waals surface area contributed by atoms with Crippen LogP contribution in [0.15, 0.2) is 22.4 Å². The zero-order valence-corrected chi connectivity index (χ0v) is 8.51. The minimum Gasteiger partial charge on any atom is -0.206 e. The predicted molar refractivity (Wildman–Crippen MR) is 54.0 cm³/mol. The zero-order chi connectivity index (χ0) is 10.3. The first-order valence-electron chi connectivity index (χ1n) is 3.78. The van der Waals surface area contributed by atoms with Crippen LogP contribution in [0.4, 0.5) is 13.2 Å². The Morgan fingerprint density at radius 1 is 1.36 bits per heavy atom. The van der Waals surface area contributed by atoms with Crippen molar-refractivity contribution >= 4 is 34.1 Å². The Hall–Kier alpha value is -0.680. The van der Waals surface area contributed by atoms with E-state index in [1.165, 1.54) is 11.3 Å². The van der Waals surface area contributed by atoms with Gasteiger partial charge in [-0.25, -0.2) is 13.2 Å². The van der Waals surface area contributed by atoms with E-state index in [4.69, 9.17) is 0 Å². The second kappa shape index (κ2) is 3.47. The number of halogens is 3. The number of alkyl halides is 2. The molecule has 1 heterocycles. The highest BCUT2D eigenvalue weighted by Crippen LogP contribution is 2.36. The van der Waals surface area contributed by atoms with Gasteiger partial charge in [0.1, 0.15) is 5.82 Å². The molecule has 0 aliphatic carbocycles. The Morgan fingerprint density at radius 2 is 2.07 bits per heavy atom. The van der Waals surface area contributed by atoms with Crippen LogP contribution in [-0.4, -0.2) is 0 Å². The molecule has 2 rings (SSSR count). The van der Waals surface area contributed by atoms with E-state index >= 15 is 0 Å². The summed E-state index contributed by atoms with van der Waals surface area (Å²) in [6, 6.07) is 2.41. The molecule has 0 unspecified atom stereocenters. The molecule has 1 aromatic heterocycles. The third-order valence-corrected chi connectivity index (χ3v) is 3.49. The van der Waals surface area contributed by atoms with Crippen LogP contribution in [0.5, 0.6) is 0 Å². The number of thiophene rings is 1. The quantitative estimate of drug-likeness (QED) is 0.700. The van der Waals surface area contributed by atoms with Crippen molar-refractivity contribution in [2.75, 3.05) is 0 Å². The zero-order valence-electron chi connectivity index (χ0n) is 6.80. The molecule has 1 aromatic carbocycles. The van der Waals surface area contributed by atoms with Crippen LogP contribution >= 0.6 is 24.0 Å². The fraction of sp³-hybridized carbons (Fsp3) is 0.111. The van der Waals surface area contributed by atoms with Crippen LogP contribution in [0.1, 0.15) is 12.0 Å². The molecule has 0 fully saturated rings. The van der Waals surface area contributed by atoms with E-state index in [2.05, 4.69) is 12.6 Å². The maximum atomic E-state index is 13.3. The van der Waals surface area contributed by atoms with Gasteiger partial charge in [-0.15, -0.1) is 24.0 Å². The van der Waals surface area contributed by atoms with Gasteiger partial charge < -0.3 is 0 Å². The summed E-state index contributed by atoms with van der Waals surface area (Å²) in [6.45, 7) is 0. The third kappa shape index (κ3) is 1.40. The van der Waals surface area contributed by atoms with Crippen molar-refractivity contribution in [3.63, 3.8) is 0 Å². The van der Waals surface area contributed by atoms with Crippen molar-refractivity contribution in [2.45, 2.75) is 11.3 Å². The normalized spacial score (nSPS) is 11.5. The Balaban J connectivity index is 2.82. The van der Waals surface area contributed by atoms with Gasteiger partial charge in [0.15, 0.2) is 0 Å². The summed E-state index contributed by atoms with van der Waals surface area (Å²) in [7, 11) is 0. The molecule has 0 nitrogen and oxygen atoms in total. The van der Waals surface area contributed by atoms with E-state index in [0.717, 1.165) is 6.07 Å². The molecule has 0 spiro atoms. The Bertz CT molecular complexity index is 476. The molecule has 2 aromatic rings. The molecule has 0 atom stereocenters. The maximum Gasteiger partial charge on any atom is 0.265 e. The predicted octanol–water partition coefficient (Wildman–Crippen LogP) is 4.27. The SMILES string of the molecule is Fc1cc(C(F)F)c(S)c2sccc12. The first-order valence-corrected chi connectivity index (χ1v) is 5.10. The number of rotatable bonds is 1. The molecule has 0 aliphatic heterocycles. The van der Waals surface area contributed by atoms with Crippen LogP contribution in [0.2, 0.25) is 0 Å². The second-order valence-electron chi connectivity index (χ2n) is 2.76. The van der Waals surface area contributed by atoms with Gasteiger partial charge in [0, 0.05) is 15.8 Å². The molecule has 0 radical (unpaired) electrons. The molecule has 74 valence electrons. The van der Waals surface area contributed by atoms with E-state index in [1.807, 2.05) is 0 Å². The van der Waals surface area contributed by atoms with Crippen LogP contribution in [0, 0.1) is 5.82 Å². The van der Waals surface area contributed by atoms with E-state index in [9.17, 15) is 13.2 Å². The fourth-order valence-corrected chi connectivity index (χ4v) is 2.56. The van der Waals surface area contributed by atoms with Gasteiger partial charge in [0.25, 0.3) is 6.43 Å². The lowest BCUT2D eigenvalue weighted by Crippen LogP contribution is -1.89. The van der Waals surface area contributed by atoms with Crippen LogP contribution in [-0.2, 0) is 0 Å². The van der Waals surface area contributed by atoms with Crippen molar-refractivity contribution in [3.8, 4) is 0 Å². The number of thiol groups is 1. The van der Waals surface area contributed by atoms with Crippen LogP contribution in [0.25, 0.3) is 10.1 Å². The highest BCUT2D eigenvalue weighted by atomic mass is 32.1. The average molecular weight is 234 g/mol. The third-order valence-electron chi connectivity index (χ3n) is 1.93. The van der Waals surface area contributed by atoms with Gasteiger partial charge in [-0.3, -0.25) is 0 Å². The van der Waals surface area contributed by atoms with Crippen molar-refractivity contribution in [1.82, 2.24) is 0 Å². The Morgan fingerprint density at radius 3 is 2.71 bits per heavy atom. The Labute approximate surface area is 87.8 Å². The lowest BCUT2D eigenvalue weighted by atomic mass is 10.1. The summed E-state index contributed by atoms with van der Waals surface area (Å²) in [6.07, 6.45) is -2.69. The average Bonchev–Trinajstić information content (AvgIpc) is 2.59. The largest absolute Gasteiger partial charge is 0.265 e. The smallest absolute Gasteiger partial charge is 0.206 e. The maximum absolute atomic E-state index is 13.3. The summed E-state index contributed by atoms with van der Waals surface area (Å²) in [5, 5.41) is 2.01. The molecule has 0 saturated carbocycles. The van der Waals surface area contributed by atoms with Crippen molar-refractivity contribution < 1.29 is 13.2 Å². The fourth-order valence-electron chi connectivity index (χ4n) is 1.26. The lowest BCUT2D eigenvalue weighted by Gasteiger charge is -2.05. The van der Waals surface area contributed by atoms with E-state index < -0.39 is 12.2 Å². The highest BCUT2D eigenvalue weighted by Gasteiger charge is 2.17. The van der Waals surface area contributed by atoms with Gasteiger partial charge in [-0.2, -0.15) is 0 Å². The monoisotopic (exact) mass is 234 g/mol. The molecule has 0 amide bonds. The van der Waals surface area contributed by atoms with Gasteiger partial charge >= 0.3 is 0 Å². The Kier molecular flexibility index (Phi) is 2.45. The van der Waals surface area contributed by atoms with Crippen molar-refractivity contribution in [2.24, 2.45) is 0 Å². The van der Waals surface area contributed by atoms with E-state index in [1.54, 1.807) is 11.4 Å². The van der Waals surface area contributed by atoms with Crippen molar-refractivity contribution in [1.29, 1.82) is 0 Å². The van der Waals surface area contributed by atoms with Gasteiger partial charge in [-0.05, 0) is 17.5 Å². The lowest BCUT2D eigenvalue weighted by molar-refractivity contribution is 0.148. The molecule has 14 heavy (non-hydrogen) atoms. The minimum absolute atomic E-state index is 0.173. The first kappa shape index (κ1) is 9.86. The number of benzene rings is 1. The summed E-state index contributed by atoms with van der Waals surface area (Å²) in [5.41, 5.74) is -0.346. The standard InChI is InChI=1S/C9H5F3S2/c10-6-3-5(9(11)12)7(13)8-4(6)1-2-14-8/h1-3,9,13H. The molecule has 0 N–H and O–H groups in total. The summed E-state index contributed by atoms with van der Waals surface area (Å²) < 4.78 is 38.6. The number of hydrogen-bond donors (Lipinski definition) is 1. The van der Waals surface area contributed by atoms with Crippen molar-refractivity contribution in [3.05, 3.63) is 28.9 Å². The molecule has 0 bridgehead atoms. The molecular weight excluding hydrogens is 229 g/mol. The molecule has 5 heteroatoms. The highest BCUT2D eigenvalue weighted by molar-refractivity contribution is 7.80. The number of fused-ring (bicyclic) bond motifs is 1. The summed E-state index contributed by atoms with van der Waals surface area (Å²) >= 11 is 5.19. The number of hydrogen-bond acceptors (Lipinski definition) is 2. The molecular formula is C9H5F3S2. The van der Waals surface area contributed by atoms with Gasteiger partial charge in [0.05, 0.1) is 4.70 Å².